The molecule has 2 N–H and O–H groups in total. The van der Waals surface area contributed by atoms with Crippen LogP contribution >= 0.6 is 0 Å². The number of nitrogens with one attached hydrogen (secondary N) is 1. The minimum absolute atomic E-state index is 0.369. The Morgan fingerprint density at radius 3 is 2.80 bits per heavy atom. The van der Waals surface area contributed by atoms with Crippen LogP contribution in [0.1, 0.15) is 11.5 Å². The van der Waals surface area contributed by atoms with E-state index in [1.54, 1.807) is 12.1 Å². The number of rotatable bonds is 2. The highest BCUT2D eigenvalue weighted by atomic mass is 16.5. The molecular weight excluding hydrogens is 130 g/mol. The first-order valence-electron chi connectivity index (χ1n) is 2.90. The second-order valence-corrected chi connectivity index (χ2v) is 2.00. The minimum atomic E-state index is 0.369. The average molecular weight is 139 g/mol. The van der Waals surface area contributed by atoms with Crippen molar-refractivity contribution in [2.75, 3.05) is 0 Å². The van der Waals surface area contributed by atoms with E-state index in [2.05, 4.69) is 6.58 Å². The van der Waals surface area contributed by atoms with Crippen molar-refractivity contribution in [3.63, 3.8) is 0 Å². The van der Waals surface area contributed by atoms with E-state index in [1.165, 1.54) is 0 Å². The number of hydrogen-bond acceptors (Lipinski definition) is 3. The van der Waals surface area contributed by atoms with Gasteiger partial charge in [0.05, 0.1) is 5.70 Å². The molecule has 0 saturated carbocycles. The van der Waals surface area contributed by atoms with Crippen LogP contribution in [0.2, 0.25) is 0 Å². The zero-order valence-corrected chi connectivity index (χ0v) is 5.72. The van der Waals surface area contributed by atoms with E-state index >= 15 is 0 Å². The second-order valence-electron chi connectivity index (χ2n) is 2.00. The molecule has 0 aliphatic carbocycles. The Labute approximate surface area is 58.9 Å². The highest BCUT2D eigenvalue weighted by Crippen LogP contribution is 2.11. The first-order valence-corrected chi connectivity index (χ1v) is 2.90. The van der Waals surface area contributed by atoms with Crippen LogP contribution in [0.4, 0.5) is 0 Å². The van der Waals surface area contributed by atoms with Crippen molar-refractivity contribution in [1.29, 1.82) is 0 Å². The van der Waals surface area contributed by atoms with Crippen molar-refractivity contribution in [2.45, 2.75) is 6.92 Å². The molecule has 0 radical (unpaired) electrons. The summed E-state index contributed by atoms with van der Waals surface area (Å²) in [6.07, 6.45) is 0. The quantitative estimate of drug-likeness (QED) is 0.611. The topological polar surface area (TPSA) is 45.4 Å². The molecule has 1 aromatic heterocycles. The maximum absolute atomic E-state index is 8.39. The molecular formula is C7H9NO2. The Kier molecular flexibility index (Phi) is 1.78. The van der Waals surface area contributed by atoms with Gasteiger partial charge in [0.15, 0.2) is 5.76 Å². The Morgan fingerprint density at radius 1 is 1.70 bits per heavy atom. The maximum Gasteiger partial charge on any atom is 0.151 e. The number of furan rings is 1. The van der Waals surface area contributed by atoms with E-state index in [4.69, 9.17) is 9.62 Å². The molecule has 0 bridgehead atoms. The fourth-order valence-electron chi connectivity index (χ4n) is 0.652. The molecule has 0 aromatic carbocycles. The summed E-state index contributed by atoms with van der Waals surface area (Å²) in [6, 6.07) is 3.54. The molecule has 54 valence electrons. The third-order valence-electron chi connectivity index (χ3n) is 1.17. The molecule has 3 nitrogen and oxygen atoms in total. The Bertz CT molecular complexity index is 240. The van der Waals surface area contributed by atoms with Gasteiger partial charge in [0.2, 0.25) is 0 Å². The summed E-state index contributed by atoms with van der Waals surface area (Å²) in [5.74, 6) is 1.35. The molecule has 1 aromatic rings. The lowest BCUT2D eigenvalue weighted by atomic mass is 10.4. The summed E-state index contributed by atoms with van der Waals surface area (Å²) in [5, 5.41) is 8.39. The molecule has 0 aliphatic heterocycles. The standard InChI is InChI=1S/C7H9NO2/c1-5-3-4-7(10-5)6(2)8-9/h3-4,8-9H,2H2,1H3. The molecule has 1 heterocycles. The van der Waals surface area contributed by atoms with Crippen LogP contribution in [0.25, 0.3) is 5.70 Å². The van der Waals surface area contributed by atoms with Gasteiger partial charge in [-0.3, -0.25) is 10.7 Å². The Morgan fingerprint density at radius 2 is 2.40 bits per heavy atom. The van der Waals surface area contributed by atoms with E-state index in [0.717, 1.165) is 5.76 Å². The summed E-state index contributed by atoms with van der Waals surface area (Å²) < 4.78 is 5.11. The van der Waals surface area contributed by atoms with Crippen molar-refractivity contribution >= 4 is 5.70 Å². The largest absolute Gasteiger partial charge is 0.460 e. The molecule has 0 atom stereocenters. The minimum Gasteiger partial charge on any atom is -0.460 e. The van der Waals surface area contributed by atoms with Crippen LogP contribution in [0.5, 0.6) is 0 Å². The van der Waals surface area contributed by atoms with Crippen LogP contribution in [0.3, 0.4) is 0 Å². The van der Waals surface area contributed by atoms with Gasteiger partial charge in [-0.25, -0.2) is 0 Å². The van der Waals surface area contributed by atoms with Crippen LogP contribution in [0.15, 0.2) is 23.1 Å². The van der Waals surface area contributed by atoms with Crippen molar-refractivity contribution < 1.29 is 9.62 Å². The van der Waals surface area contributed by atoms with Gasteiger partial charge in [-0.15, -0.1) is 0 Å². The van der Waals surface area contributed by atoms with Crippen molar-refractivity contribution in [3.8, 4) is 0 Å². The van der Waals surface area contributed by atoms with Crippen molar-refractivity contribution in [1.82, 2.24) is 5.48 Å². The lowest BCUT2D eigenvalue weighted by molar-refractivity contribution is 0.222. The lowest BCUT2D eigenvalue weighted by Gasteiger charge is -1.96. The van der Waals surface area contributed by atoms with Crippen molar-refractivity contribution in [3.05, 3.63) is 30.2 Å². The van der Waals surface area contributed by atoms with Crippen LogP contribution in [0, 0.1) is 6.92 Å². The van der Waals surface area contributed by atoms with Gasteiger partial charge in [0.1, 0.15) is 5.76 Å². The molecule has 1 rings (SSSR count). The summed E-state index contributed by atoms with van der Waals surface area (Å²) in [6.45, 7) is 5.33. The molecule has 0 unspecified atom stereocenters. The van der Waals surface area contributed by atoms with Crippen LogP contribution < -0.4 is 5.48 Å². The van der Waals surface area contributed by atoms with Gasteiger partial charge in [0.25, 0.3) is 0 Å². The normalized spacial score (nSPS) is 9.40. The fourth-order valence-corrected chi connectivity index (χ4v) is 0.652. The van der Waals surface area contributed by atoms with E-state index < -0.39 is 0 Å². The molecule has 10 heavy (non-hydrogen) atoms. The SMILES string of the molecule is C=C(NO)c1ccc(C)o1. The first-order chi connectivity index (χ1) is 4.74. The zero-order chi connectivity index (χ0) is 7.56. The number of hydrogen-bond donors (Lipinski definition) is 2. The van der Waals surface area contributed by atoms with E-state index in [9.17, 15) is 0 Å². The van der Waals surface area contributed by atoms with Gasteiger partial charge in [-0.05, 0) is 19.1 Å². The van der Waals surface area contributed by atoms with E-state index in [-0.39, 0.29) is 0 Å². The van der Waals surface area contributed by atoms with Gasteiger partial charge < -0.3 is 4.42 Å². The second kappa shape index (κ2) is 2.58. The first kappa shape index (κ1) is 6.89. The summed E-state index contributed by atoms with van der Waals surface area (Å²) in [7, 11) is 0. The fraction of sp³-hybridized carbons (Fsp3) is 0.143. The smallest absolute Gasteiger partial charge is 0.151 e. The third kappa shape index (κ3) is 1.19. The maximum atomic E-state index is 8.39. The molecule has 0 fully saturated rings. The summed E-state index contributed by atoms with van der Waals surface area (Å²) >= 11 is 0. The number of aryl methyl sites for hydroxylation is 1. The zero-order valence-electron chi connectivity index (χ0n) is 5.72. The van der Waals surface area contributed by atoms with E-state index in [1.807, 2.05) is 12.4 Å². The Balaban J connectivity index is 2.85. The molecule has 3 heteroatoms. The monoisotopic (exact) mass is 139 g/mol. The predicted octanol–water partition coefficient (Wildman–Crippen LogP) is 1.54. The van der Waals surface area contributed by atoms with Gasteiger partial charge in [-0.1, -0.05) is 6.58 Å². The molecule has 0 aliphatic rings. The molecule has 0 spiro atoms. The van der Waals surface area contributed by atoms with Crippen LogP contribution in [-0.4, -0.2) is 5.21 Å². The van der Waals surface area contributed by atoms with Crippen LogP contribution in [-0.2, 0) is 0 Å². The molecule has 0 saturated heterocycles. The highest BCUT2D eigenvalue weighted by Gasteiger charge is 2.00. The molecule has 0 amide bonds. The van der Waals surface area contributed by atoms with Gasteiger partial charge >= 0.3 is 0 Å². The van der Waals surface area contributed by atoms with Crippen molar-refractivity contribution in [2.24, 2.45) is 0 Å². The summed E-state index contributed by atoms with van der Waals surface area (Å²) in [4.78, 5) is 0. The van der Waals surface area contributed by atoms with Gasteiger partial charge in [-0.2, -0.15) is 0 Å². The third-order valence-corrected chi connectivity index (χ3v) is 1.17. The number of hydroxylamine groups is 1. The van der Waals surface area contributed by atoms with Gasteiger partial charge in [0, 0.05) is 0 Å². The van der Waals surface area contributed by atoms with E-state index in [0.29, 0.717) is 11.5 Å². The predicted molar refractivity (Wildman–Crippen MR) is 37.4 cm³/mol. The lowest BCUT2D eigenvalue weighted by Crippen LogP contribution is -2.02. The highest BCUT2D eigenvalue weighted by molar-refractivity contribution is 5.55. The summed E-state index contributed by atoms with van der Waals surface area (Å²) in [5.41, 5.74) is 2.27. The Hall–Kier alpha value is -1.22. The average Bonchev–Trinajstić information content (AvgIpc) is 2.34.